The SMILES string of the molecule is C#CC(C)(C)NCc1csc(-c2ccccn2)n1. The van der Waals surface area contributed by atoms with Gasteiger partial charge in [-0.1, -0.05) is 12.0 Å². The van der Waals surface area contributed by atoms with E-state index in [1.807, 2.05) is 37.4 Å². The minimum atomic E-state index is -0.311. The molecule has 4 heteroatoms. The summed E-state index contributed by atoms with van der Waals surface area (Å²) in [5.74, 6) is 2.70. The monoisotopic (exact) mass is 257 g/mol. The Morgan fingerprint density at radius 3 is 2.94 bits per heavy atom. The quantitative estimate of drug-likeness (QED) is 0.856. The third-order valence-electron chi connectivity index (χ3n) is 2.51. The van der Waals surface area contributed by atoms with Gasteiger partial charge in [-0.25, -0.2) is 4.98 Å². The molecule has 0 spiro atoms. The second-order valence-corrected chi connectivity index (χ2v) is 5.34. The molecule has 0 bridgehead atoms. The number of nitrogens with one attached hydrogen (secondary N) is 1. The Balaban J connectivity index is 2.06. The molecule has 0 saturated carbocycles. The summed E-state index contributed by atoms with van der Waals surface area (Å²) in [5.41, 5.74) is 1.59. The number of aromatic nitrogens is 2. The summed E-state index contributed by atoms with van der Waals surface area (Å²) >= 11 is 1.60. The second kappa shape index (κ2) is 5.30. The van der Waals surface area contributed by atoms with E-state index in [-0.39, 0.29) is 5.54 Å². The van der Waals surface area contributed by atoms with Gasteiger partial charge in [0, 0.05) is 18.1 Å². The van der Waals surface area contributed by atoms with E-state index in [0.29, 0.717) is 6.54 Å². The van der Waals surface area contributed by atoms with Gasteiger partial charge in [0.15, 0.2) is 0 Å². The van der Waals surface area contributed by atoms with Gasteiger partial charge in [-0.05, 0) is 26.0 Å². The molecule has 2 aromatic heterocycles. The highest BCUT2D eigenvalue weighted by molar-refractivity contribution is 7.13. The number of hydrogen-bond donors (Lipinski definition) is 1. The van der Waals surface area contributed by atoms with E-state index in [1.54, 1.807) is 17.5 Å². The van der Waals surface area contributed by atoms with Gasteiger partial charge in [0.2, 0.25) is 0 Å². The van der Waals surface area contributed by atoms with Crippen LogP contribution in [0.1, 0.15) is 19.5 Å². The van der Waals surface area contributed by atoms with Crippen LogP contribution in [0.4, 0.5) is 0 Å². The average molecular weight is 257 g/mol. The molecule has 0 amide bonds. The van der Waals surface area contributed by atoms with E-state index in [9.17, 15) is 0 Å². The van der Waals surface area contributed by atoms with Gasteiger partial charge in [0.25, 0.3) is 0 Å². The summed E-state index contributed by atoms with van der Waals surface area (Å²) in [6.45, 7) is 4.61. The molecule has 3 nitrogen and oxygen atoms in total. The molecule has 0 aromatic carbocycles. The molecule has 0 atom stereocenters. The van der Waals surface area contributed by atoms with E-state index in [2.05, 4.69) is 21.2 Å². The molecule has 0 radical (unpaired) electrons. The van der Waals surface area contributed by atoms with E-state index in [1.165, 1.54) is 0 Å². The number of hydrogen-bond acceptors (Lipinski definition) is 4. The van der Waals surface area contributed by atoms with E-state index >= 15 is 0 Å². The maximum Gasteiger partial charge on any atom is 0.142 e. The molecule has 1 N–H and O–H groups in total. The van der Waals surface area contributed by atoms with Crippen molar-refractivity contribution in [2.45, 2.75) is 25.9 Å². The first-order valence-electron chi connectivity index (χ1n) is 5.69. The molecule has 92 valence electrons. The Morgan fingerprint density at radius 1 is 1.44 bits per heavy atom. The van der Waals surface area contributed by atoms with Crippen molar-refractivity contribution in [3.8, 4) is 23.0 Å². The van der Waals surface area contributed by atoms with Crippen molar-refractivity contribution in [3.63, 3.8) is 0 Å². The lowest BCUT2D eigenvalue weighted by molar-refractivity contribution is 0.487. The third kappa shape index (κ3) is 3.16. The summed E-state index contributed by atoms with van der Waals surface area (Å²) < 4.78 is 0. The topological polar surface area (TPSA) is 37.8 Å². The Morgan fingerprint density at radius 2 is 2.28 bits per heavy atom. The lowest BCUT2D eigenvalue weighted by atomic mass is 10.1. The van der Waals surface area contributed by atoms with Crippen molar-refractivity contribution in [1.29, 1.82) is 0 Å². The number of thiazole rings is 1. The molecule has 2 heterocycles. The van der Waals surface area contributed by atoms with Gasteiger partial charge in [-0.15, -0.1) is 17.8 Å². The van der Waals surface area contributed by atoms with Gasteiger partial charge in [-0.2, -0.15) is 0 Å². The summed E-state index contributed by atoms with van der Waals surface area (Å²) in [5, 5.41) is 6.24. The molecule has 18 heavy (non-hydrogen) atoms. The van der Waals surface area contributed by atoms with Crippen molar-refractivity contribution in [2.24, 2.45) is 0 Å². The Labute approximate surface area is 111 Å². The largest absolute Gasteiger partial charge is 0.296 e. The van der Waals surface area contributed by atoms with Crippen LogP contribution in [-0.4, -0.2) is 15.5 Å². The zero-order chi connectivity index (χ0) is 13.0. The zero-order valence-corrected chi connectivity index (χ0v) is 11.3. The highest BCUT2D eigenvalue weighted by Crippen LogP contribution is 2.21. The predicted octanol–water partition coefficient (Wildman–Crippen LogP) is 2.71. The number of pyridine rings is 1. The van der Waals surface area contributed by atoms with Crippen molar-refractivity contribution >= 4 is 11.3 Å². The molecule has 0 unspecified atom stereocenters. The van der Waals surface area contributed by atoms with Gasteiger partial charge in [0.1, 0.15) is 5.01 Å². The van der Waals surface area contributed by atoms with Crippen LogP contribution in [0.3, 0.4) is 0 Å². The summed E-state index contributed by atoms with van der Waals surface area (Å²) in [7, 11) is 0. The normalized spacial score (nSPS) is 11.2. The Bertz CT molecular complexity index is 552. The van der Waals surface area contributed by atoms with E-state index in [0.717, 1.165) is 16.4 Å². The minimum absolute atomic E-state index is 0.311. The molecule has 2 rings (SSSR count). The molecular weight excluding hydrogens is 242 g/mol. The van der Waals surface area contributed by atoms with Crippen LogP contribution >= 0.6 is 11.3 Å². The lowest BCUT2D eigenvalue weighted by Crippen LogP contribution is -2.36. The lowest BCUT2D eigenvalue weighted by Gasteiger charge is -2.18. The first kappa shape index (κ1) is 12.7. The molecule has 2 aromatic rings. The highest BCUT2D eigenvalue weighted by Gasteiger charge is 2.13. The second-order valence-electron chi connectivity index (χ2n) is 4.48. The molecular formula is C14H15N3S. The van der Waals surface area contributed by atoms with Crippen molar-refractivity contribution in [2.75, 3.05) is 0 Å². The van der Waals surface area contributed by atoms with Crippen LogP contribution < -0.4 is 5.32 Å². The van der Waals surface area contributed by atoms with E-state index < -0.39 is 0 Å². The average Bonchev–Trinajstić information content (AvgIpc) is 2.86. The van der Waals surface area contributed by atoms with Gasteiger partial charge < -0.3 is 0 Å². The third-order valence-corrected chi connectivity index (χ3v) is 3.42. The van der Waals surface area contributed by atoms with Crippen LogP contribution in [0, 0.1) is 12.3 Å². The Hall–Kier alpha value is -1.70. The molecule has 0 aliphatic rings. The predicted molar refractivity (Wildman–Crippen MR) is 75.1 cm³/mol. The fraction of sp³-hybridized carbons (Fsp3) is 0.286. The molecule has 0 aliphatic carbocycles. The fourth-order valence-corrected chi connectivity index (χ4v) is 2.15. The summed E-state index contributed by atoms with van der Waals surface area (Å²) in [4.78, 5) is 8.83. The summed E-state index contributed by atoms with van der Waals surface area (Å²) in [6, 6.07) is 5.82. The Kier molecular flexibility index (Phi) is 3.75. The highest BCUT2D eigenvalue weighted by atomic mass is 32.1. The van der Waals surface area contributed by atoms with Crippen molar-refractivity contribution in [3.05, 3.63) is 35.5 Å². The summed E-state index contributed by atoms with van der Waals surface area (Å²) in [6.07, 6.45) is 7.20. The fourth-order valence-electron chi connectivity index (χ4n) is 1.36. The standard InChI is InChI=1S/C14H15N3S/c1-4-14(2,3)16-9-11-10-18-13(17-11)12-7-5-6-8-15-12/h1,5-8,10,16H,9H2,2-3H3. The maximum atomic E-state index is 5.43. The molecule has 0 fully saturated rings. The number of rotatable bonds is 4. The van der Waals surface area contributed by atoms with Gasteiger partial charge in [0.05, 0.1) is 16.9 Å². The van der Waals surface area contributed by atoms with Crippen LogP contribution in [0.5, 0.6) is 0 Å². The van der Waals surface area contributed by atoms with Gasteiger partial charge >= 0.3 is 0 Å². The maximum absolute atomic E-state index is 5.43. The van der Waals surface area contributed by atoms with E-state index in [4.69, 9.17) is 6.42 Å². The smallest absolute Gasteiger partial charge is 0.142 e. The first-order valence-corrected chi connectivity index (χ1v) is 6.57. The number of nitrogens with zero attached hydrogens (tertiary/aromatic N) is 2. The van der Waals surface area contributed by atoms with Crippen LogP contribution in [0.2, 0.25) is 0 Å². The molecule has 0 saturated heterocycles. The van der Waals surface area contributed by atoms with Crippen LogP contribution in [-0.2, 0) is 6.54 Å². The van der Waals surface area contributed by atoms with Crippen molar-refractivity contribution < 1.29 is 0 Å². The first-order chi connectivity index (χ1) is 8.61. The minimum Gasteiger partial charge on any atom is -0.296 e. The van der Waals surface area contributed by atoms with Crippen molar-refractivity contribution in [1.82, 2.24) is 15.3 Å². The van der Waals surface area contributed by atoms with Crippen LogP contribution in [0.25, 0.3) is 10.7 Å². The van der Waals surface area contributed by atoms with Gasteiger partial charge in [-0.3, -0.25) is 10.3 Å². The van der Waals surface area contributed by atoms with Crippen LogP contribution in [0.15, 0.2) is 29.8 Å². The zero-order valence-electron chi connectivity index (χ0n) is 10.5. The molecule has 0 aliphatic heterocycles. The number of terminal acetylenes is 1.